The molecule has 3 rings (SSSR count). The number of carbonyl (C=O) groups excluding carboxylic acids is 1. The maximum Gasteiger partial charge on any atom is 0.267 e. The van der Waals surface area contributed by atoms with Crippen molar-refractivity contribution in [3.63, 3.8) is 0 Å². The Morgan fingerprint density at radius 2 is 1.57 bits per heavy atom. The van der Waals surface area contributed by atoms with Crippen LogP contribution < -0.4 is 10.2 Å². The average Bonchev–Trinajstić information content (AvgIpc) is 2.78. The summed E-state index contributed by atoms with van der Waals surface area (Å²) in [6.45, 7) is 4.69. The molecule has 0 heterocycles. The number of hydrogen-bond acceptors (Lipinski definition) is 3. The van der Waals surface area contributed by atoms with Crippen LogP contribution in [0, 0.1) is 11.3 Å². The van der Waals surface area contributed by atoms with Gasteiger partial charge in [-0.3, -0.25) is 4.79 Å². The highest BCUT2D eigenvalue weighted by Gasteiger charge is 2.15. The van der Waals surface area contributed by atoms with Crippen LogP contribution >= 0.6 is 0 Å². The fourth-order valence-corrected chi connectivity index (χ4v) is 3.21. The average molecular weight is 396 g/mol. The van der Waals surface area contributed by atoms with Crippen molar-refractivity contribution in [3.8, 4) is 6.07 Å². The summed E-state index contributed by atoms with van der Waals surface area (Å²) in [5.41, 5.74) is 3.80. The van der Waals surface area contributed by atoms with Gasteiger partial charge in [-0.2, -0.15) is 5.26 Å². The minimum Gasteiger partial charge on any atom is -0.342 e. The summed E-state index contributed by atoms with van der Waals surface area (Å²) in [5, 5.41) is 12.6. The Bertz CT molecular complexity index is 1050. The molecule has 4 heteroatoms. The maximum atomic E-state index is 12.9. The van der Waals surface area contributed by atoms with Gasteiger partial charge in [-0.15, -0.1) is 0 Å². The lowest BCUT2D eigenvalue weighted by molar-refractivity contribution is -0.112. The van der Waals surface area contributed by atoms with Crippen molar-refractivity contribution < 1.29 is 4.79 Å². The number of amides is 1. The van der Waals surface area contributed by atoms with Crippen molar-refractivity contribution in [1.82, 2.24) is 0 Å². The highest BCUT2D eigenvalue weighted by molar-refractivity contribution is 6.07. The van der Waals surface area contributed by atoms with Crippen LogP contribution in [0.4, 0.5) is 11.4 Å². The minimum absolute atomic E-state index is 0.0494. The molecule has 0 radical (unpaired) electrons. The largest absolute Gasteiger partial charge is 0.342 e. The number of hydrogen-bond donors (Lipinski definition) is 1. The molecule has 0 spiro atoms. The summed E-state index contributed by atoms with van der Waals surface area (Å²) in [6, 6.07) is 29.4. The van der Waals surface area contributed by atoms with Crippen LogP contribution in [0.25, 0.3) is 0 Å². The monoisotopic (exact) mass is 395 g/mol. The van der Waals surface area contributed by atoms with E-state index >= 15 is 0 Å². The third-order valence-electron chi connectivity index (χ3n) is 4.76. The third kappa shape index (κ3) is 5.36. The third-order valence-corrected chi connectivity index (χ3v) is 4.76. The van der Waals surface area contributed by atoms with Crippen molar-refractivity contribution in [3.05, 3.63) is 108 Å². The smallest absolute Gasteiger partial charge is 0.267 e. The topological polar surface area (TPSA) is 56.1 Å². The number of benzene rings is 3. The van der Waals surface area contributed by atoms with Crippen LogP contribution in [-0.2, 0) is 11.3 Å². The molecule has 1 amide bonds. The van der Waals surface area contributed by atoms with Crippen molar-refractivity contribution in [2.24, 2.45) is 0 Å². The van der Waals surface area contributed by atoms with E-state index in [-0.39, 0.29) is 11.5 Å². The Labute approximate surface area is 178 Å². The number of para-hydroxylation sites is 2. The fourth-order valence-electron chi connectivity index (χ4n) is 3.21. The van der Waals surface area contributed by atoms with E-state index in [9.17, 15) is 10.1 Å². The quantitative estimate of drug-likeness (QED) is 0.402. The van der Waals surface area contributed by atoms with Crippen LogP contribution in [0.15, 0.2) is 96.7 Å². The van der Waals surface area contributed by atoms with E-state index in [1.165, 1.54) is 0 Å². The Morgan fingerprint density at radius 1 is 0.967 bits per heavy atom. The van der Waals surface area contributed by atoms with Crippen LogP contribution in [-0.4, -0.2) is 5.91 Å². The highest BCUT2D eigenvalue weighted by atomic mass is 16.1. The molecule has 4 nitrogen and oxygen atoms in total. The highest BCUT2D eigenvalue weighted by Crippen LogP contribution is 2.24. The molecule has 3 aromatic rings. The lowest BCUT2D eigenvalue weighted by Gasteiger charge is -2.21. The molecule has 0 saturated carbocycles. The number of nitriles is 1. The molecule has 30 heavy (non-hydrogen) atoms. The van der Waals surface area contributed by atoms with Gasteiger partial charge < -0.3 is 10.2 Å². The molecule has 0 saturated heterocycles. The fraction of sp³-hybridized carbons (Fsp3) is 0.154. The molecular formula is C26H25N3O. The summed E-state index contributed by atoms with van der Waals surface area (Å²) in [4.78, 5) is 14.8. The molecular weight excluding hydrogens is 370 g/mol. The lowest BCUT2D eigenvalue weighted by Crippen LogP contribution is -2.21. The Hall–Kier alpha value is -3.84. The first-order valence-corrected chi connectivity index (χ1v) is 9.96. The Morgan fingerprint density at radius 3 is 2.20 bits per heavy atom. The molecule has 0 fully saturated rings. The zero-order valence-corrected chi connectivity index (χ0v) is 17.2. The van der Waals surface area contributed by atoms with Gasteiger partial charge in [-0.25, -0.2) is 0 Å². The van der Waals surface area contributed by atoms with E-state index in [1.807, 2.05) is 89.8 Å². The van der Waals surface area contributed by atoms with Gasteiger partial charge in [0, 0.05) is 24.1 Å². The van der Waals surface area contributed by atoms with Gasteiger partial charge in [-0.1, -0.05) is 80.6 Å². The van der Waals surface area contributed by atoms with E-state index in [0.717, 1.165) is 22.5 Å². The summed E-state index contributed by atoms with van der Waals surface area (Å²) in [6.07, 6.45) is 1.62. The van der Waals surface area contributed by atoms with Crippen molar-refractivity contribution in [2.45, 2.75) is 26.3 Å². The molecule has 1 N–H and O–H groups in total. The van der Waals surface area contributed by atoms with Gasteiger partial charge in [0.15, 0.2) is 0 Å². The van der Waals surface area contributed by atoms with E-state index in [4.69, 9.17) is 0 Å². The summed E-state index contributed by atoms with van der Waals surface area (Å²) in [7, 11) is 0. The molecule has 0 aromatic heterocycles. The lowest BCUT2D eigenvalue weighted by atomic mass is 10.0. The first-order chi connectivity index (χ1) is 14.6. The summed E-state index contributed by atoms with van der Waals surface area (Å²) >= 11 is 0. The molecule has 0 aliphatic heterocycles. The van der Waals surface area contributed by atoms with Crippen LogP contribution in [0.1, 0.15) is 30.9 Å². The number of nitrogens with zero attached hydrogens (tertiary/aromatic N) is 2. The van der Waals surface area contributed by atoms with Gasteiger partial charge in [0.25, 0.3) is 5.91 Å². The Balaban J connectivity index is 1.90. The molecule has 0 aliphatic carbocycles. The molecule has 0 atom stereocenters. The molecule has 0 unspecified atom stereocenters. The van der Waals surface area contributed by atoms with Gasteiger partial charge in [0.1, 0.15) is 11.6 Å². The van der Waals surface area contributed by atoms with Crippen LogP contribution in [0.2, 0.25) is 0 Å². The number of nitrogens with one attached hydrogen (secondary N) is 1. The van der Waals surface area contributed by atoms with Crippen molar-refractivity contribution in [2.75, 3.05) is 10.2 Å². The first kappa shape index (κ1) is 20.9. The summed E-state index contributed by atoms with van der Waals surface area (Å²) in [5.74, 6) is -0.158. The normalized spacial score (nSPS) is 11.1. The van der Waals surface area contributed by atoms with Gasteiger partial charge in [-0.05, 0) is 35.2 Å². The minimum atomic E-state index is -0.417. The van der Waals surface area contributed by atoms with E-state index in [0.29, 0.717) is 6.54 Å². The molecule has 0 aliphatic rings. The van der Waals surface area contributed by atoms with E-state index in [1.54, 1.807) is 6.20 Å². The van der Waals surface area contributed by atoms with Gasteiger partial charge in [0.2, 0.25) is 0 Å². The predicted molar refractivity (Wildman–Crippen MR) is 122 cm³/mol. The molecule has 0 bridgehead atoms. The Kier molecular flexibility index (Phi) is 7.02. The molecule has 3 aromatic carbocycles. The van der Waals surface area contributed by atoms with Gasteiger partial charge in [0.05, 0.1) is 0 Å². The second kappa shape index (κ2) is 10.1. The predicted octanol–water partition coefficient (Wildman–Crippen LogP) is 5.86. The number of rotatable bonds is 7. The summed E-state index contributed by atoms with van der Waals surface area (Å²) < 4.78 is 0. The van der Waals surface area contributed by atoms with E-state index < -0.39 is 5.91 Å². The van der Waals surface area contributed by atoms with Crippen molar-refractivity contribution >= 4 is 17.3 Å². The zero-order chi connectivity index (χ0) is 21.3. The first-order valence-electron chi connectivity index (χ1n) is 9.96. The molecule has 150 valence electrons. The van der Waals surface area contributed by atoms with Crippen molar-refractivity contribution in [1.29, 1.82) is 5.26 Å². The van der Waals surface area contributed by atoms with E-state index in [2.05, 4.69) is 25.2 Å². The standard InChI is InChI=1S/C26H25N3O/c1-20(2)24-15-9-10-16-25(24)28-26(30)22(17-27)19-29(23-13-7-4-8-14-23)18-21-11-5-3-6-12-21/h3-16,19-20H,18H2,1-2H3,(H,28,30)/b22-19-. The second-order valence-corrected chi connectivity index (χ2v) is 7.30. The second-order valence-electron chi connectivity index (χ2n) is 7.30. The SMILES string of the molecule is CC(C)c1ccccc1NC(=O)/C(C#N)=C\N(Cc1ccccc1)c1ccccc1. The number of anilines is 2. The zero-order valence-electron chi connectivity index (χ0n) is 17.2. The van der Waals surface area contributed by atoms with Crippen LogP contribution in [0.3, 0.4) is 0 Å². The van der Waals surface area contributed by atoms with Crippen LogP contribution in [0.5, 0.6) is 0 Å². The maximum absolute atomic E-state index is 12.9. The van der Waals surface area contributed by atoms with Gasteiger partial charge >= 0.3 is 0 Å². The number of carbonyl (C=O) groups is 1.